The second-order valence-corrected chi connectivity index (χ2v) is 6.70. The van der Waals surface area contributed by atoms with Gasteiger partial charge in [0, 0.05) is 30.4 Å². The van der Waals surface area contributed by atoms with Crippen LogP contribution in [0.5, 0.6) is 0 Å². The lowest BCUT2D eigenvalue weighted by atomic mass is 9.86. The van der Waals surface area contributed by atoms with Crippen LogP contribution in [-0.4, -0.2) is 33.6 Å². The van der Waals surface area contributed by atoms with Crippen LogP contribution in [0.15, 0.2) is 42.7 Å². The molecule has 2 atom stereocenters. The van der Waals surface area contributed by atoms with Crippen LogP contribution < -0.4 is 10.6 Å². The molecule has 0 saturated heterocycles. The smallest absolute Gasteiger partial charge is 0.315 e. The number of nitrogens with zero attached hydrogens (tertiary/aromatic N) is 2. The van der Waals surface area contributed by atoms with Crippen LogP contribution in [0, 0.1) is 5.41 Å². The lowest BCUT2D eigenvalue weighted by Gasteiger charge is -2.30. The fourth-order valence-corrected chi connectivity index (χ4v) is 3.29. The Balaban J connectivity index is 1.56. The quantitative estimate of drug-likeness (QED) is 0.787. The molecule has 1 saturated carbocycles. The minimum Gasteiger partial charge on any atom is -0.396 e. The zero-order valence-corrected chi connectivity index (χ0v) is 13.9. The third-order valence-corrected chi connectivity index (χ3v) is 4.88. The Hall–Kier alpha value is -2.34. The van der Waals surface area contributed by atoms with Crippen molar-refractivity contribution in [3.05, 3.63) is 48.3 Å². The van der Waals surface area contributed by atoms with E-state index in [0.717, 1.165) is 30.5 Å². The lowest BCUT2D eigenvalue weighted by Crippen LogP contribution is -2.48. The number of carbonyl (C=O) groups excluding carboxylic acids is 1. The molecule has 0 bridgehead atoms. The number of aliphatic hydroxyl groups excluding tert-OH is 1. The minimum atomic E-state index is -0.211. The average Bonchev–Trinajstić information content (AvgIpc) is 3.25. The summed E-state index contributed by atoms with van der Waals surface area (Å²) >= 11 is 0. The molecule has 1 aromatic heterocycles. The number of hydrogen-bond acceptors (Lipinski definition) is 3. The van der Waals surface area contributed by atoms with Crippen molar-refractivity contribution in [2.45, 2.75) is 38.8 Å². The first kappa shape index (κ1) is 16.5. The van der Waals surface area contributed by atoms with Crippen molar-refractivity contribution in [1.82, 2.24) is 20.4 Å². The Kier molecular flexibility index (Phi) is 4.85. The Morgan fingerprint density at radius 3 is 3.08 bits per heavy atom. The molecule has 2 unspecified atom stereocenters. The van der Waals surface area contributed by atoms with E-state index in [1.54, 1.807) is 10.9 Å². The highest BCUT2D eigenvalue weighted by Crippen LogP contribution is 2.37. The van der Waals surface area contributed by atoms with E-state index >= 15 is 0 Å². The SMILES string of the molecule is CC1(CO)CCCC1NC(=O)NCc1cccc(-n2cccn2)c1. The Morgan fingerprint density at radius 2 is 2.33 bits per heavy atom. The van der Waals surface area contributed by atoms with Crippen molar-refractivity contribution in [1.29, 1.82) is 0 Å². The maximum Gasteiger partial charge on any atom is 0.315 e. The van der Waals surface area contributed by atoms with Gasteiger partial charge in [0.1, 0.15) is 0 Å². The molecule has 1 aliphatic carbocycles. The predicted octanol–water partition coefficient (Wildman–Crippen LogP) is 2.22. The largest absolute Gasteiger partial charge is 0.396 e. The van der Waals surface area contributed by atoms with Crippen LogP contribution in [0.25, 0.3) is 5.69 Å². The highest BCUT2D eigenvalue weighted by molar-refractivity contribution is 5.74. The van der Waals surface area contributed by atoms with E-state index in [0.29, 0.717) is 6.54 Å². The molecule has 128 valence electrons. The van der Waals surface area contributed by atoms with Crippen molar-refractivity contribution in [3.63, 3.8) is 0 Å². The molecule has 3 rings (SSSR count). The van der Waals surface area contributed by atoms with E-state index in [4.69, 9.17) is 0 Å². The van der Waals surface area contributed by atoms with Crippen molar-refractivity contribution >= 4 is 6.03 Å². The maximum absolute atomic E-state index is 12.2. The zero-order valence-electron chi connectivity index (χ0n) is 13.9. The number of carbonyl (C=O) groups is 1. The summed E-state index contributed by atoms with van der Waals surface area (Å²) < 4.78 is 1.79. The summed E-state index contributed by atoms with van der Waals surface area (Å²) in [5.74, 6) is 0. The molecule has 1 aliphatic rings. The van der Waals surface area contributed by atoms with Crippen LogP contribution in [0.1, 0.15) is 31.7 Å². The topological polar surface area (TPSA) is 79.2 Å². The summed E-state index contributed by atoms with van der Waals surface area (Å²) in [4.78, 5) is 12.2. The highest BCUT2D eigenvalue weighted by atomic mass is 16.3. The fourth-order valence-electron chi connectivity index (χ4n) is 3.29. The van der Waals surface area contributed by atoms with Gasteiger partial charge in [-0.2, -0.15) is 5.10 Å². The summed E-state index contributed by atoms with van der Waals surface area (Å²) in [5, 5.41) is 19.7. The van der Waals surface area contributed by atoms with Crippen molar-refractivity contribution < 1.29 is 9.90 Å². The first-order chi connectivity index (χ1) is 11.6. The van der Waals surface area contributed by atoms with E-state index in [-0.39, 0.29) is 24.1 Å². The first-order valence-corrected chi connectivity index (χ1v) is 8.35. The number of aliphatic hydroxyl groups is 1. The van der Waals surface area contributed by atoms with Crippen molar-refractivity contribution in [2.75, 3.05) is 6.61 Å². The molecular formula is C18H24N4O2. The summed E-state index contributed by atoms with van der Waals surface area (Å²) in [6.07, 6.45) is 6.51. The normalized spacial score (nSPS) is 23.2. The molecule has 1 fully saturated rings. The molecule has 3 N–H and O–H groups in total. The van der Waals surface area contributed by atoms with E-state index in [2.05, 4.69) is 15.7 Å². The van der Waals surface area contributed by atoms with E-state index in [9.17, 15) is 9.90 Å². The van der Waals surface area contributed by atoms with Gasteiger partial charge in [-0.3, -0.25) is 0 Å². The Labute approximate surface area is 141 Å². The second kappa shape index (κ2) is 7.05. The van der Waals surface area contributed by atoms with Crippen LogP contribution in [0.4, 0.5) is 4.79 Å². The Morgan fingerprint density at radius 1 is 1.46 bits per heavy atom. The van der Waals surface area contributed by atoms with E-state index < -0.39 is 0 Å². The van der Waals surface area contributed by atoms with Gasteiger partial charge in [-0.25, -0.2) is 9.48 Å². The van der Waals surface area contributed by atoms with Gasteiger partial charge in [-0.05, 0) is 36.6 Å². The second-order valence-electron chi connectivity index (χ2n) is 6.70. The third kappa shape index (κ3) is 3.59. The molecule has 2 aromatic rings. The van der Waals surface area contributed by atoms with Crippen LogP contribution in [0.3, 0.4) is 0 Å². The number of hydrogen-bond donors (Lipinski definition) is 3. The van der Waals surface area contributed by atoms with E-state index in [1.807, 2.05) is 43.5 Å². The molecule has 0 spiro atoms. The van der Waals surface area contributed by atoms with Crippen LogP contribution in [0.2, 0.25) is 0 Å². The van der Waals surface area contributed by atoms with Crippen molar-refractivity contribution in [2.24, 2.45) is 5.41 Å². The standard InChI is InChI=1S/C18H24N4O2/c1-18(13-23)8-3-7-16(18)21-17(24)19-12-14-5-2-6-15(11-14)22-10-4-9-20-22/h2,4-6,9-11,16,23H,3,7-8,12-13H2,1H3,(H2,19,21,24). The summed E-state index contributed by atoms with van der Waals surface area (Å²) in [6, 6.07) is 9.61. The molecule has 24 heavy (non-hydrogen) atoms. The number of rotatable bonds is 5. The summed E-state index contributed by atoms with van der Waals surface area (Å²) in [7, 11) is 0. The molecule has 2 amide bonds. The third-order valence-electron chi connectivity index (χ3n) is 4.88. The van der Waals surface area contributed by atoms with Gasteiger partial charge < -0.3 is 15.7 Å². The maximum atomic E-state index is 12.2. The molecule has 6 heteroatoms. The number of urea groups is 1. The van der Waals surface area contributed by atoms with Gasteiger partial charge in [0.05, 0.1) is 12.3 Å². The molecule has 6 nitrogen and oxygen atoms in total. The van der Waals surface area contributed by atoms with Crippen LogP contribution >= 0.6 is 0 Å². The fraction of sp³-hybridized carbons (Fsp3) is 0.444. The summed E-state index contributed by atoms with van der Waals surface area (Å²) in [5.41, 5.74) is 1.76. The molecule has 0 aliphatic heterocycles. The summed E-state index contributed by atoms with van der Waals surface area (Å²) in [6.45, 7) is 2.58. The first-order valence-electron chi connectivity index (χ1n) is 8.35. The number of amides is 2. The minimum absolute atomic E-state index is 0.0258. The molecule has 1 heterocycles. The number of nitrogens with one attached hydrogen (secondary N) is 2. The number of benzene rings is 1. The average molecular weight is 328 g/mol. The van der Waals surface area contributed by atoms with Gasteiger partial charge in [0.15, 0.2) is 0 Å². The highest BCUT2D eigenvalue weighted by Gasteiger charge is 2.39. The van der Waals surface area contributed by atoms with Crippen molar-refractivity contribution in [3.8, 4) is 5.69 Å². The molecular weight excluding hydrogens is 304 g/mol. The van der Waals surface area contributed by atoms with Gasteiger partial charge in [0.25, 0.3) is 0 Å². The number of aromatic nitrogens is 2. The van der Waals surface area contributed by atoms with Gasteiger partial charge in [0.2, 0.25) is 0 Å². The van der Waals surface area contributed by atoms with Gasteiger partial charge >= 0.3 is 6.03 Å². The van der Waals surface area contributed by atoms with Gasteiger partial charge in [-0.1, -0.05) is 25.5 Å². The zero-order chi connectivity index (χ0) is 17.0. The predicted molar refractivity (Wildman–Crippen MR) is 91.8 cm³/mol. The Bertz CT molecular complexity index is 686. The molecule has 1 aromatic carbocycles. The van der Waals surface area contributed by atoms with Gasteiger partial charge in [-0.15, -0.1) is 0 Å². The lowest BCUT2D eigenvalue weighted by molar-refractivity contribution is 0.121. The van der Waals surface area contributed by atoms with Crippen LogP contribution in [-0.2, 0) is 6.54 Å². The molecule has 0 radical (unpaired) electrons. The monoisotopic (exact) mass is 328 g/mol. The van der Waals surface area contributed by atoms with E-state index in [1.165, 1.54) is 0 Å².